The minimum Gasteiger partial charge on any atom is -0.487 e. The minimum absolute atomic E-state index is 0.0356. The molecule has 0 atom stereocenters. The maximum atomic E-state index is 13.2. The highest BCUT2D eigenvalue weighted by atomic mass is 19.1. The quantitative estimate of drug-likeness (QED) is 0.842. The molecule has 0 aromatic heterocycles. The number of rotatable bonds is 3. The van der Waals surface area contributed by atoms with E-state index in [2.05, 4.69) is 0 Å². The molecule has 0 heterocycles. The zero-order valence-electron chi connectivity index (χ0n) is 9.56. The fourth-order valence-electron chi connectivity index (χ4n) is 1.55. The van der Waals surface area contributed by atoms with Crippen LogP contribution < -0.4 is 10.5 Å². The Morgan fingerprint density at radius 2 is 1.89 bits per heavy atom. The maximum absolute atomic E-state index is 13.2. The van der Waals surface area contributed by atoms with Crippen LogP contribution in [-0.2, 0) is 6.61 Å². The van der Waals surface area contributed by atoms with Crippen molar-refractivity contribution in [3.63, 3.8) is 0 Å². The van der Waals surface area contributed by atoms with Gasteiger partial charge in [0.15, 0.2) is 0 Å². The van der Waals surface area contributed by atoms with E-state index in [0.29, 0.717) is 12.4 Å². The topological polar surface area (TPSA) is 59.0 Å². The predicted octanol–water partition coefficient (Wildman–Crippen LogP) is 2.86. The molecule has 0 radical (unpaired) electrons. The van der Waals surface area contributed by atoms with E-state index in [9.17, 15) is 4.39 Å². The third-order valence-electron chi connectivity index (χ3n) is 2.50. The summed E-state index contributed by atoms with van der Waals surface area (Å²) in [4.78, 5) is 0. The second-order valence-electron chi connectivity index (χ2n) is 3.72. The summed E-state index contributed by atoms with van der Waals surface area (Å²) in [6.07, 6.45) is 0. The van der Waals surface area contributed by atoms with E-state index in [1.807, 2.05) is 30.3 Å². The maximum Gasteiger partial charge on any atom is 0.144 e. The third-order valence-corrected chi connectivity index (χ3v) is 2.50. The van der Waals surface area contributed by atoms with Gasteiger partial charge in [-0.1, -0.05) is 30.3 Å². The average molecular weight is 242 g/mol. The van der Waals surface area contributed by atoms with Crippen molar-refractivity contribution >= 4 is 5.69 Å². The fourth-order valence-corrected chi connectivity index (χ4v) is 1.55. The molecule has 0 aliphatic rings. The number of nitrogens with two attached hydrogens (primary N) is 1. The first kappa shape index (κ1) is 11.9. The standard InChI is InChI=1S/C14H11FN2O/c15-12-6-7-13(14(17)11(12)8-16)18-9-10-4-2-1-3-5-10/h1-7H,9,17H2. The molecule has 0 unspecified atom stereocenters. The first-order chi connectivity index (χ1) is 8.72. The molecule has 2 N–H and O–H groups in total. The van der Waals surface area contributed by atoms with Crippen LogP contribution in [0.2, 0.25) is 0 Å². The van der Waals surface area contributed by atoms with Crippen molar-refractivity contribution < 1.29 is 9.13 Å². The Morgan fingerprint density at radius 3 is 2.56 bits per heavy atom. The summed E-state index contributed by atoms with van der Waals surface area (Å²) in [5.74, 6) is -0.320. The molecule has 0 aliphatic heterocycles. The number of hydrogen-bond acceptors (Lipinski definition) is 3. The Kier molecular flexibility index (Phi) is 3.44. The molecule has 0 saturated carbocycles. The molecule has 2 aromatic rings. The molecule has 0 bridgehead atoms. The number of nitriles is 1. The van der Waals surface area contributed by atoms with Crippen LogP contribution in [0.3, 0.4) is 0 Å². The molecule has 3 nitrogen and oxygen atoms in total. The molecule has 0 spiro atoms. The van der Waals surface area contributed by atoms with Gasteiger partial charge in [0.2, 0.25) is 0 Å². The van der Waals surface area contributed by atoms with E-state index >= 15 is 0 Å². The van der Waals surface area contributed by atoms with Gasteiger partial charge >= 0.3 is 0 Å². The van der Waals surface area contributed by atoms with E-state index in [1.54, 1.807) is 6.07 Å². The summed E-state index contributed by atoms with van der Waals surface area (Å²) < 4.78 is 18.7. The van der Waals surface area contributed by atoms with Gasteiger partial charge in [-0.25, -0.2) is 4.39 Å². The highest BCUT2D eigenvalue weighted by Gasteiger charge is 2.11. The van der Waals surface area contributed by atoms with Crippen LogP contribution in [0.4, 0.5) is 10.1 Å². The lowest BCUT2D eigenvalue weighted by Crippen LogP contribution is -2.01. The second kappa shape index (κ2) is 5.19. The van der Waals surface area contributed by atoms with Crippen molar-refractivity contribution in [3.8, 4) is 11.8 Å². The number of benzene rings is 2. The number of halogens is 1. The number of hydrogen-bond donors (Lipinski definition) is 1. The summed E-state index contributed by atoms with van der Waals surface area (Å²) in [7, 11) is 0. The Morgan fingerprint density at radius 1 is 1.17 bits per heavy atom. The van der Waals surface area contributed by atoms with Crippen LogP contribution in [0, 0.1) is 17.1 Å². The van der Waals surface area contributed by atoms with Crippen molar-refractivity contribution in [1.29, 1.82) is 5.26 Å². The molecular formula is C14H11FN2O. The molecule has 2 aromatic carbocycles. The molecule has 0 fully saturated rings. The summed E-state index contributed by atoms with van der Waals surface area (Å²) >= 11 is 0. The lowest BCUT2D eigenvalue weighted by atomic mass is 10.1. The monoisotopic (exact) mass is 242 g/mol. The van der Waals surface area contributed by atoms with Crippen molar-refractivity contribution in [2.24, 2.45) is 0 Å². The molecular weight excluding hydrogens is 231 g/mol. The smallest absolute Gasteiger partial charge is 0.144 e. The van der Waals surface area contributed by atoms with Crippen molar-refractivity contribution in [2.45, 2.75) is 6.61 Å². The van der Waals surface area contributed by atoms with Crippen LogP contribution in [0.25, 0.3) is 0 Å². The highest BCUT2D eigenvalue weighted by Crippen LogP contribution is 2.27. The molecule has 2 rings (SSSR count). The average Bonchev–Trinajstić information content (AvgIpc) is 2.40. The number of nitrogen functional groups attached to an aromatic ring is 1. The molecule has 18 heavy (non-hydrogen) atoms. The van der Waals surface area contributed by atoms with Crippen molar-refractivity contribution in [2.75, 3.05) is 5.73 Å². The lowest BCUT2D eigenvalue weighted by Gasteiger charge is -2.10. The Bertz CT molecular complexity index is 591. The van der Waals surface area contributed by atoms with Gasteiger partial charge < -0.3 is 10.5 Å². The predicted molar refractivity (Wildman–Crippen MR) is 66.3 cm³/mol. The van der Waals surface area contributed by atoms with Crippen LogP contribution in [-0.4, -0.2) is 0 Å². The van der Waals surface area contributed by atoms with E-state index < -0.39 is 5.82 Å². The van der Waals surface area contributed by atoms with E-state index in [-0.39, 0.29) is 11.3 Å². The van der Waals surface area contributed by atoms with Gasteiger partial charge in [0.25, 0.3) is 0 Å². The van der Waals surface area contributed by atoms with E-state index in [1.165, 1.54) is 12.1 Å². The molecule has 0 saturated heterocycles. The molecule has 0 aliphatic carbocycles. The summed E-state index contributed by atoms with van der Waals surface area (Å²) in [5, 5.41) is 8.78. The van der Waals surface area contributed by atoms with Gasteiger partial charge in [0.1, 0.15) is 29.8 Å². The van der Waals surface area contributed by atoms with Crippen LogP contribution in [0.1, 0.15) is 11.1 Å². The van der Waals surface area contributed by atoms with E-state index in [0.717, 1.165) is 5.56 Å². The van der Waals surface area contributed by atoms with Crippen LogP contribution in [0.15, 0.2) is 42.5 Å². The number of nitrogens with zero attached hydrogens (tertiary/aromatic N) is 1. The Hall–Kier alpha value is -2.54. The number of anilines is 1. The second-order valence-corrected chi connectivity index (χ2v) is 3.72. The summed E-state index contributed by atoms with van der Waals surface area (Å²) in [6.45, 7) is 0.321. The van der Waals surface area contributed by atoms with Gasteiger partial charge in [-0.3, -0.25) is 0 Å². The van der Waals surface area contributed by atoms with Crippen molar-refractivity contribution in [1.82, 2.24) is 0 Å². The zero-order valence-corrected chi connectivity index (χ0v) is 9.56. The zero-order chi connectivity index (χ0) is 13.0. The van der Waals surface area contributed by atoms with E-state index in [4.69, 9.17) is 15.7 Å². The van der Waals surface area contributed by atoms with Gasteiger partial charge in [0, 0.05) is 0 Å². The first-order valence-electron chi connectivity index (χ1n) is 5.37. The van der Waals surface area contributed by atoms with Crippen LogP contribution >= 0.6 is 0 Å². The van der Waals surface area contributed by atoms with Gasteiger partial charge in [-0.05, 0) is 17.7 Å². The normalized spacial score (nSPS) is 9.78. The highest BCUT2D eigenvalue weighted by molar-refractivity contribution is 5.63. The molecule has 4 heteroatoms. The lowest BCUT2D eigenvalue weighted by molar-refractivity contribution is 0.307. The SMILES string of the molecule is N#Cc1c(F)ccc(OCc2ccccc2)c1N. The molecule has 90 valence electrons. The summed E-state index contributed by atoms with van der Waals surface area (Å²) in [5.41, 5.74) is 6.50. The fraction of sp³-hybridized carbons (Fsp3) is 0.0714. The van der Waals surface area contributed by atoms with Crippen molar-refractivity contribution in [3.05, 3.63) is 59.4 Å². The van der Waals surface area contributed by atoms with Gasteiger partial charge in [-0.2, -0.15) is 5.26 Å². The molecule has 0 amide bonds. The van der Waals surface area contributed by atoms with Gasteiger partial charge in [0.05, 0.1) is 5.69 Å². The minimum atomic E-state index is -0.637. The Labute approximate surface area is 104 Å². The first-order valence-corrected chi connectivity index (χ1v) is 5.37. The largest absolute Gasteiger partial charge is 0.487 e. The number of ether oxygens (including phenoxy) is 1. The van der Waals surface area contributed by atoms with Gasteiger partial charge in [-0.15, -0.1) is 0 Å². The Balaban J connectivity index is 2.19. The van der Waals surface area contributed by atoms with Crippen LogP contribution in [0.5, 0.6) is 5.75 Å². The third kappa shape index (κ3) is 2.41. The summed E-state index contributed by atoms with van der Waals surface area (Å²) in [6, 6.07) is 13.8.